The van der Waals surface area contributed by atoms with Crippen molar-refractivity contribution in [2.45, 2.75) is 46.1 Å². The first-order valence-corrected chi connectivity index (χ1v) is 10.0. The van der Waals surface area contributed by atoms with E-state index in [0.29, 0.717) is 6.54 Å². The molecule has 4 heteroatoms. The fourth-order valence-electron chi connectivity index (χ4n) is 3.49. The average molecular weight is 366 g/mol. The normalized spacial score (nSPS) is 15.2. The molecule has 0 saturated carbocycles. The summed E-state index contributed by atoms with van der Waals surface area (Å²) < 4.78 is 0. The van der Waals surface area contributed by atoms with E-state index >= 15 is 0 Å². The van der Waals surface area contributed by atoms with Crippen molar-refractivity contribution in [3.05, 3.63) is 59.2 Å². The molecule has 0 radical (unpaired) electrons. The Kier molecular flexibility index (Phi) is 6.88. The largest absolute Gasteiger partial charge is 0.381 e. The maximum absolute atomic E-state index is 12.3. The van der Waals surface area contributed by atoms with Gasteiger partial charge in [0.2, 0.25) is 5.91 Å². The zero-order chi connectivity index (χ0) is 19.1. The standard InChI is InChI=1S/C23H31N3O/c1-18-7-8-20(15-19(18)2)16-24-21-9-11-22(12-10-21)25-23(27)17-26-13-5-3-4-6-14-26/h7-12,15,24H,3-6,13-14,16-17H2,1-2H3,(H,25,27). The molecule has 4 nitrogen and oxygen atoms in total. The molecule has 3 rings (SSSR count). The Bertz CT molecular complexity index is 747. The number of rotatable bonds is 6. The number of anilines is 2. The van der Waals surface area contributed by atoms with E-state index < -0.39 is 0 Å². The Morgan fingerprint density at radius 2 is 1.56 bits per heavy atom. The Balaban J connectivity index is 1.47. The Hall–Kier alpha value is -2.33. The molecule has 2 N–H and O–H groups in total. The van der Waals surface area contributed by atoms with E-state index in [4.69, 9.17) is 0 Å². The van der Waals surface area contributed by atoms with Crippen LogP contribution < -0.4 is 10.6 Å². The van der Waals surface area contributed by atoms with E-state index in [1.165, 1.54) is 42.4 Å². The van der Waals surface area contributed by atoms with Crippen LogP contribution in [0, 0.1) is 13.8 Å². The van der Waals surface area contributed by atoms with Gasteiger partial charge in [0, 0.05) is 17.9 Å². The summed E-state index contributed by atoms with van der Waals surface area (Å²) in [6.07, 6.45) is 4.98. The predicted molar refractivity (Wildman–Crippen MR) is 113 cm³/mol. The first kappa shape index (κ1) is 19.4. The van der Waals surface area contributed by atoms with Gasteiger partial charge in [-0.25, -0.2) is 0 Å². The summed E-state index contributed by atoms with van der Waals surface area (Å²) in [5, 5.41) is 6.46. The fraction of sp³-hybridized carbons (Fsp3) is 0.435. The third-order valence-electron chi connectivity index (χ3n) is 5.30. The molecule has 0 bridgehead atoms. The number of likely N-dealkylation sites (tertiary alicyclic amines) is 1. The summed E-state index contributed by atoms with van der Waals surface area (Å²) in [6, 6.07) is 14.5. The third-order valence-corrected chi connectivity index (χ3v) is 5.30. The van der Waals surface area contributed by atoms with Crippen LogP contribution in [0.25, 0.3) is 0 Å². The highest BCUT2D eigenvalue weighted by molar-refractivity contribution is 5.92. The zero-order valence-corrected chi connectivity index (χ0v) is 16.6. The number of nitrogens with one attached hydrogen (secondary N) is 2. The number of amides is 1. The lowest BCUT2D eigenvalue weighted by Gasteiger charge is -2.19. The molecule has 144 valence electrons. The molecule has 27 heavy (non-hydrogen) atoms. The molecule has 2 aromatic rings. The van der Waals surface area contributed by atoms with Crippen molar-refractivity contribution in [1.82, 2.24) is 4.90 Å². The predicted octanol–water partition coefficient (Wildman–Crippen LogP) is 4.73. The minimum atomic E-state index is 0.0766. The number of hydrogen-bond acceptors (Lipinski definition) is 3. The number of aryl methyl sites for hydroxylation is 2. The van der Waals surface area contributed by atoms with Crippen molar-refractivity contribution in [3.63, 3.8) is 0 Å². The van der Waals surface area contributed by atoms with Crippen molar-refractivity contribution >= 4 is 17.3 Å². The highest BCUT2D eigenvalue weighted by atomic mass is 16.2. The van der Waals surface area contributed by atoms with Gasteiger partial charge in [-0.3, -0.25) is 9.69 Å². The molecule has 1 aliphatic heterocycles. The van der Waals surface area contributed by atoms with E-state index in [2.05, 4.69) is 47.6 Å². The molecule has 0 unspecified atom stereocenters. The van der Waals surface area contributed by atoms with Gasteiger partial charge in [-0.1, -0.05) is 31.0 Å². The molecule has 0 aromatic heterocycles. The van der Waals surface area contributed by atoms with Crippen LogP contribution in [0.1, 0.15) is 42.4 Å². The average Bonchev–Trinajstić information content (AvgIpc) is 2.92. The van der Waals surface area contributed by atoms with Gasteiger partial charge in [0.05, 0.1) is 6.54 Å². The topological polar surface area (TPSA) is 44.4 Å². The van der Waals surface area contributed by atoms with Gasteiger partial charge in [-0.05, 0) is 80.7 Å². The SMILES string of the molecule is Cc1ccc(CNc2ccc(NC(=O)CN3CCCCCC3)cc2)cc1C. The van der Waals surface area contributed by atoms with Crippen molar-refractivity contribution in [3.8, 4) is 0 Å². The minimum absolute atomic E-state index is 0.0766. The summed E-state index contributed by atoms with van der Waals surface area (Å²) in [5.41, 5.74) is 5.81. The van der Waals surface area contributed by atoms with Gasteiger partial charge in [-0.2, -0.15) is 0 Å². The first-order valence-electron chi connectivity index (χ1n) is 10.0. The van der Waals surface area contributed by atoms with Gasteiger partial charge in [0.25, 0.3) is 0 Å². The van der Waals surface area contributed by atoms with Crippen molar-refractivity contribution in [1.29, 1.82) is 0 Å². The van der Waals surface area contributed by atoms with Crippen LogP contribution in [0.5, 0.6) is 0 Å². The van der Waals surface area contributed by atoms with Crippen molar-refractivity contribution in [2.75, 3.05) is 30.3 Å². The number of hydrogen-bond donors (Lipinski definition) is 2. The van der Waals surface area contributed by atoms with Crippen LogP contribution in [0.3, 0.4) is 0 Å². The highest BCUT2D eigenvalue weighted by Gasteiger charge is 2.13. The van der Waals surface area contributed by atoms with Crippen LogP contribution in [-0.4, -0.2) is 30.4 Å². The van der Waals surface area contributed by atoms with Gasteiger partial charge >= 0.3 is 0 Å². The summed E-state index contributed by atoms with van der Waals surface area (Å²) in [5.74, 6) is 0.0766. The molecular formula is C23H31N3O. The van der Waals surface area contributed by atoms with E-state index in [-0.39, 0.29) is 5.91 Å². The van der Waals surface area contributed by atoms with Gasteiger partial charge in [0.1, 0.15) is 0 Å². The number of carbonyl (C=O) groups is 1. The second-order valence-corrected chi connectivity index (χ2v) is 7.59. The molecule has 0 aliphatic carbocycles. The summed E-state index contributed by atoms with van der Waals surface area (Å²) in [7, 11) is 0. The first-order chi connectivity index (χ1) is 13.1. The van der Waals surface area contributed by atoms with Crippen LogP contribution in [0.2, 0.25) is 0 Å². The number of carbonyl (C=O) groups excluding carboxylic acids is 1. The fourth-order valence-corrected chi connectivity index (χ4v) is 3.49. The second kappa shape index (κ2) is 9.56. The van der Waals surface area contributed by atoms with Crippen LogP contribution in [0.15, 0.2) is 42.5 Å². The maximum Gasteiger partial charge on any atom is 0.238 e. The molecule has 1 amide bonds. The smallest absolute Gasteiger partial charge is 0.238 e. The Morgan fingerprint density at radius 3 is 2.22 bits per heavy atom. The molecule has 1 saturated heterocycles. The molecule has 0 atom stereocenters. The number of nitrogens with zero attached hydrogens (tertiary/aromatic N) is 1. The van der Waals surface area contributed by atoms with E-state index in [1.807, 2.05) is 24.3 Å². The third kappa shape index (κ3) is 6.10. The number of benzene rings is 2. The summed E-state index contributed by atoms with van der Waals surface area (Å²) in [6.45, 7) is 7.63. The molecule has 2 aromatic carbocycles. The lowest BCUT2D eigenvalue weighted by atomic mass is 10.1. The van der Waals surface area contributed by atoms with Gasteiger partial charge in [-0.15, -0.1) is 0 Å². The van der Waals surface area contributed by atoms with E-state index in [1.54, 1.807) is 0 Å². The van der Waals surface area contributed by atoms with Crippen molar-refractivity contribution in [2.24, 2.45) is 0 Å². The monoisotopic (exact) mass is 365 g/mol. The van der Waals surface area contributed by atoms with Crippen molar-refractivity contribution < 1.29 is 4.79 Å². The Labute approximate surface area is 163 Å². The Morgan fingerprint density at radius 1 is 0.889 bits per heavy atom. The summed E-state index contributed by atoms with van der Waals surface area (Å²) in [4.78, 5) is 14.5. The quantitative estimate of drug-likeness (QED) is 0.778. The van der Waals surface area contributed by atoms with Gasteiger partial charge < -0.3 is 10.6 Å². The zero-order valence-electron chi connectivity index (χ0n) is 16.6. The van der Waals surface area contributed by atoms with Crippen LogP contribution in [0.4, 0.5) is 11.4 Å². The molecule has 1 fully saturated rings. The lowest BCUT2D eigenvalue weighted by molar-refractivity contribution is -0.117. The molecule has 1 aliphatic rings. The van der Waals surface area contributed by atoms with Crippen LogP contribution >= 0.6 is 0 Å². The van der Waals surface area contributed by atoms with E-state index in [0.717, 1.165) is 31.0 Å². The minimum Gasteiger partial charge on any atom is -0.381 e. The second-order valence-electron chi connectivity index (χ2n) is 7.59. The van der Waals surface area contributed by atoms with E-state index in [9.17, 15) is 4.79 Å². The lowest BCUT2D eigenvalue weighted by Crippen LogP contribution is -2.33. The highest BCUT2D eigenvalue weighted by Crippen LogP contribution is 2.16. The summed E-state index contributed by atoms with van der Waals surface area (Å²) >= 11 is 0. The molecule has 1 heterocycles. The molecular weight excluding hydrogens is 334 g/mol. The molecule has 0 spiro atoms. The van der Waals surface area contributed by atoms with Gasteiger partial charge in [0.15, 0.2) is 0 Å². The maximum atomic E-state index is 12.3. The van der Waals surface area contributed by atoms with Crippen LogP contribution in [-0.2, 0) is 11.3 Å².